The molecule has 0 aliphatic heterocycles. The highest BCUT2D eigenvalue weighted by atomic mass is 16.5. The Bertz CT molecular complexity index is 713. The van der Waals surface area contributed by atoms with Gasteiger partial charge in [-0.1, -0.05) is 37.3 Å². The molecule has 1 atom stereocenters. The van der Waals surface area contributed by atoms with Gasteiger partial charge in [-0.25, -0.2) is 0 Å². The fourth-order valence-electron chi connectivity index (χ4n) is 2.47. The number of nitrogens with one attached hydrogen (secondary N) is 1. The number of methoxy groups -OCH3 is 1. The Morgan fingerprint density at radius 1 is 1.13 bits per heavy atom. The zero-order valence-corrected chi connectivity index (χ0v) is 13.2. The highest BCUT2D eigenvalue weighted by molar-refractivity contribution is 6.03. The van der Waals surface area contributed by atoms with Crippen molar-refractivity contribution < 1.29 is 14.3 Å². The highest BCUT2D eigenvalue weighted by Crippen LogP contribution is 2.28. The van der Waals surface area contributed by atoms with Gasteiger partial charge < -0.3 is 15.8 Å². The number of ether oxygens (including phenoxy) is 1. The van der Waals surface area contributed by atoms with Gasteiger partial charge in [0, 0.05) is 6.42 Å². The molecule has 5 heteroatoms. The molecular weight excluding hydrogens is 292 g/mol. The summed E-state index contributed by atoms with van der Waals surface area (Å²) in [6.07, 6.45) is 0.271. The van der Waals surface area contributed by atoms with Crippen LogP contribution in [0.4, 0.5) is 5.69 Å². The molecule has 0 radical (unpaired) electrons. The number of amides is 2. The van der Waals surface area contributed by atoms with Crippen LogP contribution in [0.1, 0.15) is 35.2 Å². The van der Waals surface area contributed by atoms with E-state index in [1.807, 2.05) is 31.2 Å². The standard InChI is InChI=1S/C18H20N2O3/c1-12(13-7-4-6-10-16(13)23-2)11-17(21)20-15-9-5-3-8-14(15)18(19)22/h3-10,12H,11H2,1-2H3,(H2,19,22)(H,20,21). The van der Waals surface area contributed by atoms with E-state index >= 15 is 0 Å². The SMILES string of the molecule is COc1ccccc1C(C)CC(=O)Nc1ccccc1C(N)=O. The van der Waals surface area contributed by atoms with Gasteiger partial charge in [-0.2, -0.15) is 0 Å². The summed E-state index contributed by atoms with van der Waals surface area (Å²) in [6, 6.07) is 14.3. The molecule has 5 nitrogen and oxygen atoms in total. The van der Waals surface area contributed by atoms with E-state index in [4.69, 9.17) is 10.5 Å². The van der Waals surface area contributed by atoms with E-state index in [0.717, 1.165) is 11.3 Å². The molecule has 0 bridgehead atoms. The molecule has 2 aromatic rings. The van der Waals surface area contributed by atoms with Crippen molar-refractivity contribution in [3.05, 3.63) is 59.7 Å². The summed E-state index contributed by atoms with van der Waals surface area (Å²) in [4.78, 5) is 23.7. The van der Waals surface area contributed by atoms with Gasteiger partial charge in [0.15, 0.2) is 0 Å². The van der Waals surface area contributed by atoms with Crippen LogP contribution in [0.3, 0.4) is 0 Å². The minimum Gasteiger partial charge on any atom is -0.496 e. The second-order valence-electron chi connectivity index (χ2n) is 5.31. The van der Waals surface area contributed by atoms with Crippen molar-refractivity contribution in [3.63, 3.8) is 0 Å². The fourth-order valence-corrected chi connectivity index (χ4v) is 2.47. The molecule has 0 aliphatic carbocycles. The van der Waals surface area contributed by atoms with E-state index in [9.17, 15) is 9.59 Å². The van der Waals surface area contributed by atoms with E-state index in [0.29, 0.717) is 11.3 Å². The topological polar surface area (TPSA) is 81.4 Å². The van der Waals surface area contributed by atoms with Gasteiger partial charge >= 0.3 is 0 Å². The van der Waals surface area contributed by atoms with Crippen LogP contribution in [0, 0.1) is 0 Å². The first-order valence-corrected chi connectivity index (χ1v) is 7.34. The van der Waals surface area contributed by atoms with Crippen molar-refractivity contribution in [1.82, 2.24) is 0 Å². The molecule has 0 heterocycles. The smallest absolute Gasteiger partial charge is 0.250 e. The quantitative estimate of drug-likeness (QED) is 0.860. The molecule has 23 heavy (non-hydrogen) atoms. The van der Waals surface area contributed by atoms with Crippen LogP contribution in [0.5, 0.6) is 5.75 Å². The lowest BCUT2D eigenvalue weighted by molar-refractivity contribution is -0.116. The fraction of sp³-hybridized carbons (Fsp3) is 0.222. The molecule has 2 aromatic carbocycles. The van der Waals surface area contributed by atoms with Crippen LogP contribution in [0.15, 0.2) is 48.5 Å². The van der Waals surface area contributed by atoms with Crippen molar-refractivity contribution in [2.24, 2.45) is 5.73 Å². The zero-order valence-electron chi connectivity index (χ0n) is 13.2. The number of primary amides is 1. The predicted molar refractivity (Wildman–Crippen MR) is 89.6 cm³/mol. The van der Waals surface area contributed by atoms with Crippen LogP contribution in [0.2, 0.25) is 0 Å². The number of carbonyl (C=O) groups excluding carboxylic acids is 2. The largest absolute Gasteiger partial charge is 0.496 e. The molecule has 0 saturated carbocycles. The van der Waals surface area contributed by atoms with Crippen LogP contribution in [-0.4, -0.2) is 18.9 Å². The number of nitrogens with two attached hydrogens (primary N) is 1. The molecule has 3 N–H and O–H groups in total. The lowest BCUT2D eigenvalue weighted by Crippen LogP contribution is -2.19. The predicted octanol–water partition coefficient (Wildman–Crippen LogP) is 2.93. The molecule has 2 rings (SSSR count). The van der Waals surface area contributed by atoms with E-state index in [1.165, 1.54) is 0 Å². The summed E-state index contributed by atoms with van der Waals surface area (Å²) in [6.45, 7) is 1.96. The number of carbonyl (C=O) groups is 2. The summed E-state index contributed by atoms with van der Waals surface area (Å²) in [5, 5.41) is 2.75. The maximum atomic E-state index is 12.3. The Balaban J connectivity index is 2.09. The number of para-hydroxylation sites is 2. The lowest BCUT2D eigenvalue weighted by Gasteiger charge is -2.16. The summed E-state index contributed by atoms with van der Waals surface area (Å²) in [5.41, 5.74) is 7.00. The minimum absolute atomic E-state index is 0.0214. The Kier molecular flexibility index (Phi) is 5.36. The lowest BCUT2D eigenvalue weighted by atomic mass is 9.96. The highest BCUT2D eigenvalue weighted by Gasteiger charge is 2.16. The van der Waals surface area contributed by atoms with Crippen LogP contribution in [0.25, 0.3) is 0 Å². The third-order valence-electron chi connectivity index (χ3n) is 3.63. The Morgan fingerprint density at radius 2 is 1.78 bits per heavy atom. The maximum Gasteiger partial charge on any atom is 0.250 e. The number of hydrogen-bond donors (Lipinski definition) is 2. The molecule has 0 spiro atoms. The molecule has 0 fully saturated rings. The average molecular weight is 312 g/mol. The van der Waals surface area contributed by atoms with Crippen LogP contribution < -0.4 is 15.8 Å². The number of anilines is 1. The number of rotatable bonds is 6. The Labute approximate surface area is 135 Å². The second-order valence-corrected chi connectivity index (χ2v) is 5.31. The molecule has 2 amide bonds. The first-order valence-electron chi connectivity index (χ1n) is 7.34. The van der Waals surface area contributed by atoms with Crippen molar-refractivity contribution in [1.29, 1.82) is 0 Å². The summed E-state index contributed by atoms with van der Waals surface area (Å²) < 4.78 is 5.32. The Morgan fingerprint density at radius 3 is 2.48 bits per heavy atom. The molecule has 120 valence electrons. The van der Waals surface area contributed by atoms with E-state index in [1.54, 1.807) is 31.4 Å². The minimum atomic E-state index is -0.571. The van der Waals surface area contributed by atoms with Gasteiger partial charge in [-0.05, 0) is 29.7 Å². The average Bonchev–Trinajstić information content (AvgIpc) is 2.54. The summed E-state index contributed by atoms with van der Waals surface area (Å²) in [5.74, 6) is -0.0204. The van der Waals surface area contributed by atoms with Gasteiger partial charge in [0.2, 0.25) is 5.91 Å². The molecule has 0 aliphatic rings. The van der Waals surface area contributed by atoms with Crippen molar-refractivity contribution in [3.8, 4) is 5.75 Å². The third-order valence-corrected chi connectivity index (χ3v) is 3.63. The Hall–Kier alpha value is -2.82. The molecule has 0 aromatic heterocycles. The monoisotopic (exact) mass is 312 g/mol. The molecule has 1 unspecified atom stereocenters. The summed E-state index contributed by atoms with van der Waals surface area (Å²) >= 11 is 0. The summed E-state index contributed by atoms with van der Waals surface area (Å²) in [7, 11) is 1.61. The zero-order chi connectivity index (χ0) is 16.8. The molecule has 0 saturated heterocycles. The second kappa shape index (κ2) is 7.45. The first kappa shape index (κ1) is 16.5. The van der Waals surface area contributed by atoms with Crippen molar-refractivity contribution in [2.75, 3.05) is 12.4 Å². The molecular formula is C18H20N2O3. The van der Waals surface area contributed by atoms with Crippen molar-refractivity contribution in [2.45, 2.75) is 19.3 Å². The van der Waals surface area contributed by atoms with Gasteiger partial charge in [-0.15, -0.1) is 0 Å². The third kappa shape index (κ3) is 4.10. The number of benzene rings is 2. The van der Waals surface area contributed by atoms with E-state index < -0.39 is 5.91 Å². The normalized spacial score (nSPS) is 11.6. The van der Waals surface area contributed by atoms with Crippen molar-refractivity contribution >= 4 is 17.5 Å². The van der Waals surface area contributed by atoms with E-state index in [-0.39, 0.29) is 18.2 Å². The van der Waals surface area contributed by atoms with Gasteiger partial charge in [-0.3, -0.25) is 9.59 Å². The van der Waals surface area contributed by atoms with E-state index in [2.05, 4.69) is 5.32 Å². The van der Waals surface area contributed by atoms with Gasteiger partial charge in [0.25, 0.3) is 5.91 Å². The number of hydrogen-bond acceptors (Lipinski definition) is 3. The van der Waals surface area contributed by atoms with Crippen LogP contribution >= 0.6 is 0 Å². The maximum absolute atomic E-state index is 12.3. The van der Waals surface area contributed by atoms with Gasteiger partial charge in [0.05, 0.1) is 18.4 Å². The van der Waals surface area contributed by atoms with Gasteiger partial charge in [0.1, 0.15) is 5.75 Å². The van der Waals surface area contributed by atoms with Crippen LogP contribution in [-0.2, 0) is 4.79 Å². The first-order chi connectivity index (χ1) is 11.0.